The van der Waals surface area contributed by atoms with Crippen molar-refractivity contribution in [1.82, 2.24) is 5.32 Å². The van der Waals surface area contributed by atoms with Crippen LogP contribution in [0.3, 0.4) is 0 Å². The van der Waals surface area contributed by atoms with Crippen molar-refractivity contribution < 1.29 is 4.74 Å². The van der Waals surface area contributed by atoms with Crippen LogP contribution in [-0.4, -0.2) is 26.2 Å². The molecule has 18 heavy (non-hydrogen) atoms. The van der Waals surface area contributed by atoms with Crippen LogP contribution in [0.2, 0.25) is 0 Å². The maximum absolute atomic E-state index is 8.47. The Kier molecular flexibility index (Phi) is 4.86. The molecule has 1 unspecified atom stereocenters. The van der Waals surface area contributed by atoms with Crippen LogP contribution in [-0.2, 0) is 0 Å². The van der Waals surface area contributed by atoms with Gasteiger partial charge >= 0.3 is 0 Å². The van der Waals surface area contributed by atoms with Crippen LogP contribution in [0, 0.1) is 17.2 Å². The van der Waals surface area contributed by atoms with E-state index in [0.717, 1.165) is 31.1 Å². The fraction of sp³-hybridized carbons (Fsp3) is 0.500. The molecule has 0 bridgehead atoms. The molecule has 4 heteroatoms. The van der Waals surface area contributed by atoms with Gasteiger partial charge in [-0.1, -0.05) is 6.07 Å². The Morgan fingerprint density at radius 2 is 2.44 bits per heavy atom. The van der Waals surface area contributed by atoms with Crippen LogP contribution in [0.4, 0.5) is 5.69 Å². The van der Waals surface area contributed by atoms with Crippen LogP contribution in [0.1, 0.15) is 12.8 Å². The van der Waals surface area contributed by atoms with E-state index in [2.05, 4.69) is 10.6 Å². The Morgan fingerprint density at radius 1 is 1.50 bits per heavy atom. The lowest BCUT2D eigenvalue weighted by atomic mass is 10.00. The summed E-state index contributed by atoms with van der Waals surface area (Å²) in [7, 11) is 0. The summed E-state index contributed by atoms with van der Waals surface area (Å²) in [4.78, 5) is 0. The van der Waals surface area contributed by atoms with Crippen molar-refractivity contribution in [2.24, 2.45) is 5.92 Å². The van der Waals surface area contributed by atoms with Crippen molar-refractivity contribution in [2.75, 3.05) is 31.6 Å². The SMILES string of the molecule is N#CCOc1cccc(NCC2CCCNC2)c1. The Morgan fingerprint density at radius 3 is 3.22 bits per heavy atom. The second kappa shape index (κ2) is 6.87. The maximum Gasteiger partial charge on any atom is 0.174 e. The molecule has 1 aromatic rings. The molecule has 2 N–H and O–H groups in total. The fourth-order valence-electron chi connectivity index (χ4n) is 2.17. The molecular formula is C14H19N3O. The summed E-state index contributed by atoms with van der Waals surface area (Å²) in [5, 5.41) is 15.3. The highest BCUT2D eigenvalue weighted by molar-refractivity contribution is 5.48. The number of nitrogens with one attached hydrogen (secondary N) is 2. The van der Waals surface area contributed by atoms with E-state index in [-0.39, 0.29) is 6.61 Å². The molecule has 1 heterocycles. The van der Waals surface area contributed by atoms with Crippen LogP contribution in [0.5, 0.6) is 5.75 Å². The first-order valence-electron chi connectivity index (χ1n) is 6.43. The van der Waals surface area contributed by atoms with Gasteiger partial charge in [-0.15, -0.1) is 0 Å². The van der Waals surface area contributed by atoms with Gasteiger partial charge in [0.25, 0.3) is 0 Å². The number of ether oxygens (including phenoxy) is 1. The van der Waals surface area contributed by atoms with Crippen LogP contribution < -0.4 is 15.4 Å². The van der Waals surface area contributed by atoms with Gasteiger partial charge in [0.15, 0.2) is 6.61 Å². The number of rotatable bonds is 5. The van der Waals surface area contributed by atoms with E-state index in [9.17, 15) is 0 Å². The maximum atomic E-state index is 8.47. The Bertz CT molecular complexity index is 408. The smallest absolute Gasteiger partial charge is 0.174 e. The molecule has 4 nitrogen and oxygen atoms in total. The van der Waals surface area contributed by atoms with Crippen molar-refractivity contribution in [3.8, 4) is 11.8 Å². The van der Waals surface area contributed by atoms with Crippen molar-refractivity contribution in [2.45, 2.75) is 12.8 Å². The largest absolute Gasteiger partial charge is 0.479 e. The highest BCUT2D eigenvalue weighted by Crippen LogP contribution is 2.18. The van der Waals surface area contributed by atoms with E-state index in [4.69, 9.17) is 10.00 Å². The topological polar surface area (TPSA) is 57.1 Å². The fourth-order valence-corrected chi connectivity index (χ4v) is 2.17. The van der Waals surface area contributed by atoms with E-state index in [1.807, 2.05) is 30.3 Å². The first kappa shape index (κ1) is 12.7. The number of nitriles is 1. The van der Waals surface area contributed by atoms with E-state index >= 15 is 0 Å². The average Bonchev–Trinajstić information content (AvgIpc) is 2.44. The third kappa shape index (κ3) is 3.94. The molecule has 1 atom stereocenters. The first-order valence-corrected chi connectivity index (χ1v) is 6.43. The molecule has 1 saturated heterocycles. The lowest BCUT2D eigenvalue weighted by Crippen LogP contribution is -2.33. The van der Waals surface area contributed by atoms with E-state index in [0.29, 0.717) is 5.92 Å². The first-order chi connectivity index (χ1) is 8.88. The minimum atomic E-state index is 0.0933. The number of piperidine rings is 1. The van der Waals surface area contributed by atoms with Gasteiger partial charge < -0.3 is 15.4 Å². The molecule has 0 saturated carbocycles. The predicted molar refractivity (Wildman–Crippen MR) is 71.6 cm³/mol. The molecule has 0 radical (unpaired) electrons. The highest BCUT2D eigenvalue weighted by atomic mass is 16.5. The summed E-state index contributed by atoms with van der Waals surface area (Å²) in [6.07, 6.45) is 2.54. The molecule has 1 aromatic carbocycles. The summed E-state index contributed by atoms with van der Waals surface area (Å²) in [5.41, 5.74) is 1.05. The van der Waals surface area contributed by atoms with Gasteiger partial charge in [0.05, 0.1) is 0 Å². The Hall–Kier alpha value is -1.73. The van der Waals surface area contributed by atoms with Gasteiger partial charge in [0, 0.05) is 18.3 Å². The minimum Gasteiger partial charge on any atom is -0.479 e. The van der Waals surface area contributed by atoms with Crippen molar-refractivity contribution >= 4 is 5.69 Å². The van der Waals surface area contributed by atoms with Crippen molar-refractivity contribution in [3.63, 3.8) is 0 Å². The minimum absolute atomic E-state index is 0.0933. The monoisotopic (exact) mass is 245 g/mol. The summed E-state index contributed by atoms with van der Waals surface area (Å²) < 4.78 is 5.27. The van der Waals surface area contributed by atoms with Gasteiger partial charge in [0.1, 0.15) is 11.8 Å². The second-order valence-corrected chi connectivity index (χ2v) is 4.57. The van der Waals surface area contributed by atoms with Gasteiger partial charge in [0.2, 0.25) is 0 Å². The molecule has 0 amide bonds. The summed E-state index contributed by atoms with van der Waals surface area (Å²) in [6.45, 7) is 3.32. The Labute approximate surface area is 108 Å². The zero-order valence-corrected chi connectivity index (χ0v) is 10.5. The number of anilines is 1. The van der Waals surface area contributed by atoms with Gasteiger partial charge in [-0.25, -0.2) is 0 Å². The predicted octanol–water partition coefficient (Wildman–Crippen LogP) is 2.00. The summed E-state index contributed by atoms with van der Waals surface area (Å²) in [6, 6.07) is 9.73. The van der Waals surface area contributed by atoms with Crippen LogP contribution in [0.25, 0.3) is 0 Å². The standard InChI is InChI=1S/C14H19N3O/c15-6-8-18-14-5-1-4-13(9-14)17-11-12-3-2-7-16-10-12/h1,4-5,9,12,16-17H,2-3,7-8,10-11H2. The molecule has 1 fully saturated rings. The van der Waals surface area contributed by atoms with Gasteiger partial charge in [-0.2, -0.15) is 5.26 Å². The lowest BCUT2D eigenvalue weighted by Gasteiger charge is -2.23. The zero-order valence-electron chi connectivity index (χ0n) is 10.5. The summed E-state index contributed by atoms with van der Waals surface area (Å²) >= 11 is 0. The zero-order chi connectivity index (χ0) is 12.6. The molecule has 96 valence electrons. The van der Waals surface area contributed by atoms with E-state index in [1.165, 1.54) is 12.8 Å². The second-order valence-electron chi connectivity index (χ2n) is 4.57. The van der Waals surface area contributed by atoms with Crippen molar-refractivity contribution in [3.05, 3.63) is 24.3 Å². The third-order valence-electron chi connectivity index (χ3n) is 3.13. The number of nitrogens with zero attached hydrogens (tertiary/aromatic N) is 1. The summed E-state index contributed by atoms with van der Waals surface area (Å²) in [5.74, 6) is 1.44. The number of hydrogen-bond donors (Lipinski definition) is 2. The molecule has 2 rings (SSSR count). The molecule has 1 aliphatic heterocycles. The average molecular weight is 245 g/mol. The van der Waals surface area contributed by atoms with Crippen LogP contribution >= 0.6 is 0 Å². The normalized spacial score (nSPS) is 18.9. The molecule has 0 aliphatic carbocycles. The quantitative estimate of drug-likeness (QED) is 0.833. The molecule has 0 spiro atoms. The molecule has 1 aliphatic rings. The van der Waals surface area contributed by atoms with Crippen molar-refractivity contribution in [1.29, 1.82) is 5.26 Å². The van der Waals surface area contributed by atoms with Gasteiger partial charge in [-0.05, 0) is 44.0 Å². The molecular weight excluding hydrogens is 226 g/mol. The van der Waals surface area contributed by atoms with Crippen LogP contribution in [0.15, 0.2) is 24.3 Å². The number of benzene rings is 1. The van der Waals surface area contributed by atoms with E-state index < -0.39 is 0 Å². The molecule has 0 aromatic heterocycles. The van der Waals surface area contributed by atoms with E-state index in [1.54, 1.807) is 0 Å². The third-order valence-corrected chi connectivity index (χ3v) is 3.13. The Balaban J connectivity index is 1.82. The lowest BCUT2D eigenvalue weighted by molar-refractivity contribution is 0.368. The number of hydrogen-bond acceptors (Lipinski definition) is 4. The van der Waals surface area contributed by atoms with Gasteiger partial charge in [-0.3, -0.25) is 0 Å². The highest BCUT2D eigenvalue weighted by Gasteiger charge is 2.12.